The fourth-order valence-electron chi connectivity index (χ4n) is 9.97. The maximum atomic E-state index is 11.7. The first-order valence-electron chi connectivity index (χ1n) is 29.1. The van der Waals surface area contributed by atoms with E-state index in [9.17, 15) is 23.1 Å². The Morgan fingerprint density at radius 3 is 0.880 bits per heavy atom. The predicted octanol–water partition coefficient (Wildman–Crippen LogP) is 8.22. The summed E-state index contributed by atoms with van der Waals surface area (Å²) in [6.07, 6.45) is 9.43. The first-order valence-corrected chi connectivity index (χ1v) is 30.9. The third kappa shape index (κ3) is 29.5. The quantitative estimate of drug-likeness (QED) is 0.293. The first kappa shape index (κ1) is 73.5. The molecule has 1 atom stereocenters. The molecule has 6 aliphatic rings. The van der Waals surface area contributed by atoms with Gasteiger partial charge in [-0.15, -0.1) is 0 Å². The lowest BCUT2D eigenvalue weighted by Gasteiger charge is -2.42. The van der Waals surface area contributed by atoms with Crippen LogP contribution in [0.15, 0.2) is 0 Å². The lowest BCUT2D eigenvalue weighted by atomic mass is 10.0. The standard InChI is InChI=1S/C12H24N2O2.C10H20N2O.C9H20N2O2S.C9H20N2.2C9H19N.CH4/c1-5-10(15)11(16)13-6-8-14(9-7-13)12(2,3)4;1-9(13)11-5-7-12(8-6-11)10(2,3)4;1-9(2,3)10-5-7-11(8-6-10)14(4,12)13;1-9(2,3)11-7-5-10(4)6-8-11;2*1-9(2,3)10-7-5-4-6-8-10;/h10,15H,5-9H2,1-4H3;5-8H2,1-4H3;5-8H2,1-4H3;5-8H2,1-4H3;2*4-8H2,1-3H3;1H4. The number of piperazine rings is 4. The van der Waals surface area contributed by atoms with Crippen LogP contribution in [-0.2, 0) is 19.6 Å². The number of rotatable bonds is 3. The van der Waals surface area contributed by atoms with Gasteiger partial charge in [0.25, 0.3) is 5.91 Å². The zero-order valence-corrected chi connectivity index (χ0v) is 53.4. The van der Waals surface area contributed by atoms with E-state index in [4.69, 9.17) is 0 Å². The third-order valence-corrected chi connectivity index (χ3v) is 16.9. The minimum atomic E-state index is -2.99. The molecule has 6 fully saturated rings. The Hall–Kier alpha value is -1.47. The number of piperidine rings is 2. The number of sulfonamides is 1. The van der Waals surface area contributed by atoms with Crippen molar-refractivity contribution in [3.05, 3.63) is 0 Å². The molecule has 0 spiro atoms. The average molecular weight is 1090 g/mol. The Bertz CT molecular complexity index is 1620. The summed E-state index contributed by atoms with van der Waals surface area (Å²) in [5.74, 6) is 0.0876. The molecule has 0 aromatic heterocycles. The summed E-state index contributed by atoms with van der Waals surface area (Å²) < 4.78 is 24.1. The second kappa shape index (κ2) is 32.7. The Kier molecular flexibility index (Phi) is 32.1. The summed E-state index contributed by atoms with van der Waals surface area (Å²) in [4.78, 5) is 43.7. The zero-order chi connectivity index (χ0) is 57.1. The molecule has 1 N–H and O–H groups in total. The Morgan fingerprint density at radius 2 is 0.653 bits per heavy atom. The highest BCUT2D eigenvalue weighted by Crippen LogP contribution is 2.22. The van der Waals surface area contributed by atoms with Crippen LogP contribution in [-0.4, -0.2) is 257 Å². The van der Waals surface area contributed by atoms with Gasteiger partial charge < -0.3 is 19.8 Å². The maximum Gasteiger partial charge on any atom is 0.251 e. The number of amides is 2. The fraction of sp³-hybridized carbons (Fsp3) is 0.966. The minimum absolute atomic E-state index is 0. The van der Waals surface area contributed by atoms with Crippen LogP contribution in [0.5, 0.6) is 0 Å². The van der Waals surface area contributed by atoms with Crippen molar-refractivity contribution in [1.82, 2.24) is 48.4 Å². The first-order chi connectivity index (χ1) is 33.7. The number of aliphatic hydroxyl groups excluding tert-OH is 1. The lowest BCUT2D eigenvalue weighted by molar-refractivity contribution is -0.142. The van der Waals surface area contributed by atoms with Crippen LogP contribution in [0.25, 0.3) is 0 Å². The summed E-state index contributed by atoms with van der Waals surface area (Å²) >= 11 is 0. The van der Waals surface area contributed by atoms with E-state index >= 15 is 0 Å². The highest BCUT2D eigenvalue weighted by Gasteiger charge is 2.32. The lowest BCUT2D eigenvalue weighted by Crippen LogP contribution is -2.56. The Labute approximate surface area is 465 Å². The molecule has 0 aromatic carbocycles. The van der Waals surface area contributed by atoms with Crippen molar-refractivity contribution >= 4 is 21.8 Å². The van der Waals surface area contributed by atoms with E-state index in [0.29, 0.717) is 36.1 Å². The number of hydrogen-bond acceptors (Lipinski definition) is 12. The molecule has 6 aliphatic heterocycles. The van der Waals surface area contributed by atoms with Crippen LogP contribution in [0.1, 0.15) is 191 Å². The summed E-state index contributed by atoms with van der Waals surface area (Å²) in [5, 5.41) is 9.50. The number of carbonyl (C=O) groups excluding carboxylic acids is 2. The van der Waals surface area contributed by atoms with Crippen molar-refractivity contribution in [2.24, 2.45) is 0 Å². The molecular weight excluding hydrogens is 961 g/mol. The van der Waals surface area contributed by atoms with Crippen molar-refractivity contribution in [1.29, 1.82) is 0 Å². The molecule has 0 aliphatic carbocycles. The fourth-order valence-corrected chi connectivity index (χ4v) is 10.8. The summed E-state index contributed by atoms with van der Waals surface area (Å²) in [5.41, 5.74) is 1.72. The van der Waals surface area contributed by atoms with Crippen molar-refractivity contribution < 1.29 is 23.1 Å². The molecule has 6 heterocycles. The third-order valence-electron chi connectivity index (χ3n) is 15.6. The van der Waals surface area contributed by atoms with E-state index < -0.39 is 16.1 Å². The van der Waals surface area contributed by atoms with E-state index in [-0.39, 0.29) is 35.9 Å². The molecule has 15 nitrogen and oxygen atoms in total. The normalized spacial score (nSPS) is 21.9. The van der Waals surface area contributed by atoms with E-state index in [1.54, 1.807) is 16.1 Å². The average Bonchev–Trinajstić information content (AvgIpc) is 3.31. The minimum Gasteiger partial charge on any atom is -0.383 e. The maximum absolute atomic E-state index is 11.7. The SMILES string of the molecule is C.CC(=O)N1CCN(C(C)(C)C)CC1.CC(C)(C)N1CCCCC1.CC(C)(C)N1CCCCC1.CC(C)(C)N1CCN(S(C)(=O)=O)CC1.CCC(O)C(=O)N1CCN(C(C)(C)C)CC1.CN1CCN(C(C)(C)C)CC1. The van der Waals surface area contributed by atoms with Gasteiger partial charge in [-0.1, -0.05) is 27.2 Å². The van der Waals surface area contributed by atoms with Gasteiger partial charge in [-0.25, -0.2) is 8.42 Å². The van der Waals surface area contributed by atoms with Crippen LogP contribution in [0.4, 0.5) is 0 Å². The number of nitrogens with zero attached hydrogens (tertiary/aromatic N) is 10. The van der Waals surface area contributed by atoms with E-state index in [0.717, 1.165) is 65.4 Å². The van der Waals surface area contributed by atoms with Crippen molar-refractivity contribution in [2.45, 2.75) is 230 Å². The number of carbonyl (C=O) groups is 2. The molecule has 6 saturated heterocycles. The predicted molar refractivity (Wildman–Crippen MR) is 321 cm³/mol. The second-order valence-corrected chi connectivity index (χ2v) is 29.8. The topological polar surface area (TPSA) is 121 Å². The molecule has 75 heavy (non-hydrogen) atoms. The van der Waals surface area contributed by atoms with Gasteiger partial charge in [0.05, 0.1) is 6.26 Å². The van der Waals surface area contributed by atoms with Crippen LogP contribution in [0.3, 0.4) is 0 Å². The van der Waals surface area contributed by atoms with Crippen LogP contribution < -0.4 is 0 Å². The van der Waals surface area contributed by atoms with Gasteiger partial charge in [0.1, 0.15) is 6.10 Å². The van der Waals surface area contributed by atoms with E-state index in [2.05, 4.69) is 166 Å². The highest BCUT2D eigenvalue weighted by molar-refractivity contribution is 7.88. The largest absolute Gasteiger partial charge is 0.383 e. The molecular formula is C59H126N10O5S. The van der Waals surface area contributed by atoms with Crippen LogP contribution in [0, 0.1) is 0 Å². The Morgan fingerprint density at radius 1 is 0.413 bits per heavy atom. The smallest absolute Gasteiger partial charge is 0.251 e. The zero-order valence-electron chi connectivity index (χ0n) is 52.6. The number of likely N-dealkylation sites (N-methyl/N-ethyl adjacent to an activating group) is 1. The molecule has 6 rings (SSSR count). The molecule has 0 saturated carbocycles. The molecule has 1 unspecified atom stereocenters. The summed E-state index contributed by atoms with van der Waals surface area (Å²) in [6, 6.07) is 0. The van der Waals surface area contributed by atoms with Crippen molar-refractivity contribution in [3.63, 3.8) is 0 Å². The number of hydrogen-bond donors (Lipinski definition) is 1. The highest BCUT2D eigenvalue weighted by atomic mass is 32.2. The number of aliphatic hydroxyl groups is 1. The van der Waals surface area contributed by atoms with Gasteiger partial charge in [-0.2, -0.15) is 4.31 Å². The molecule has 0 aromatic rings. The van der Waals surface area contributed by atoms with Gasteiger partial charge in [0.2, 0.25) is 15.9 Å². The van der Waals surface area contributed by atoms with Crippen molar-refractivity contribution in [2.75, 3.05) is 144 Å². The van der Waals surface area contributed by atoms with E-state index in [1.165, 1.54) is 97.1 Å². The molecule has 2 amide bonds. The molecule has 448 valence electrons. The van der Waals surface area contributed by atoms with Gasteiger partial charge in [-0.3, -0.25) is 39.0 Å². The molecule has 0 radical (unpaired) electrons. The van der Waals surface area contributed by atoms with Crippen LogP contribution >= 0.6 is 0 Å². The Balaban J connectivity index is 0.000000881. The van der Waals surface area contributed by atoms with Gasteiger partial charge in [-0.05, 0) is 190 Å². The second-order valence-electron chi connectivity index (χ2n) is 27.8. The van der Waals surface area contributed by atoms with Crippen LogP contribution in [0.2, 0.25) is 0 Å². The monoisotopic (exact) mass is 1090 g/mol. The van der Waals surface area contributed by atoms with Gasteiger partial charge in [0.15, 0.2) is 0 Å². The summed E-state index contributed by atoms with van der Waals surface area (Å²) in [7, 11) is -0.794. The molecule has 0 bridgehead atoms. The summed E-state index contributed by atoms with van der Waals surface area (Å²) in [6.45, 7) is 63.9. The van der Waals surface area contributed by atoms with Gasteiger partial charge in [0, 0.05) is 145 Å². The van der Waals surface area contributed by atoms with Gasteiger partial charge >= 0.3 is 0 Å². The van der Waals surface area contributed by atoms with Crippen molar-refractivity contribution in [3.8, 4) is 0 Å². The molecule has 16 heteroatoms. The van der Waals surface area contributed by atoms with E-state index in [1.807, 2.05) is 11.8 Å². The number of likely N-dealkylation sites (tertiary alicyclic amines) is 2.